The lowest BCUT2D eigenvalue weighted by atomic mass is 10.2. The molecule has 0 fully saturated rings. The van der Waals surface area contributed by atoms with Gasteiger partial charge in [-0.3, -0.25) is 4.79 Å². The van der Waals surface area contributed by atoms with Gasteiger partial charge < -0.3 is 10.1 Å². The molecule has 20 heavy (non-hydrogen) atoms. The molecule has 0 atom stereocenters. The number of ether oxygens (including phenoxy) is 1. The van der Waals surface area contributed by atoms with Gasteiger partial charge in [-0.1, -0.05) is 12.1 Å². The minimum absolute atomic E-state index is 0.252. The summed E-state index contributed by atoms with van der Waals surface area (Å²) in [6.45, 7) is 2.03. The lowest BCUT2D eigenvalue weighted by Crippen LogP contribution is -2.14. The first-order valence-electron chi connectivity index (χ1n) is 5.94. The predicted molar refractivity (Wildman–Crippen MR) is 82.4 cm³/mol. The maximum Gasteiger partial charge on any atom is 0.340 e. The lowest BCUT2D eigenvalue weighted by Gasteiger charge is -2.09. The van der Waals surface area contributed by atoms with Gasteiger partial charge >= 0.3 is 5.97 Å². The summed E-state index contributed by atoms with van der Waals surface area (Å²) in [6, 6.07) is 10.3. The average molecular weight is 354 g/mol. The predicted octanol–water partition coefficient (Wildman–Crippen LogP) is 3.94. The second kappa shape index (κ2) is 6.67. The van der Waals surface area contributed by atoms with Crippen molar-refractivity contribution in [3.8, 4) is 0 Å². The zero-order chi connectivity index (χ0) is 14.5. The van der Waals surface area contributed by atoms with Crippen LogP contribution in [-0.2, 0) is 4.74 Å². The third-order valence-electron chi connectivity index (χ3n) is 2.47. The summed E-state index contributed by atoms with van der Waals surface area (Å²) in [4.78, 5) is 24.5. The molecule has 1 amide bonds. The van der Waals surface area contributed by atoms with E-state index in [2.05, 4.69) is 21.2 Å². The number of amides is 1. The summed E-state index contributed by atoms with van der Waals surface area (Å²) in [5.74, 6) is -0.701. The first-order valence-corrected chi connectivity index (χ1v) is 7.55. The fourth-order valence-corrected chi connectivity index (χ4v) is 2.88. The quantitative estimate of drug-likeness (QED) is 0.847. The van der Waals surface area contributed by atoms with Gasteiger partial charge in [0.1, 0.15) is 0 Å². The number of thiophene rings is 1. The summed E-state index contributed by atoms with van der Waals surface area (Å²) < 4.78 is 5.84. The Hall–Kier alpha value is -1.66. The molecule has 0 saturated heterocycles. The Morgan fingerprint density at radius 1 is 1.25 bits per heavy atom. The fraction of sp³-hybridized carbons (Fsp3) is 0.143. The van der Waals surface area contributed by atoms with Gasteiger partial charge in [0.25, 0.3) is 5.91 Å². The van der Waals surface area contributed by atoms with Gasteiger partial charge in [0.15, 0.2) is 0 Å². The third kappa shape index (κ3) is 3.46. The molecule has 0 spiro atoms. The van der Waals surface area contributed by atoms with Crippen molar-refractivity contribution < 1.29 is 14.3 Å². The van der Waals surface area contributed by atoms with E-state index in [1.165, 1.54) is 11.3 Å². The average Bonchev–Trinajstić information content (AvgIpc) is 2.86. The number of carbonyl (C=O) groups excluding carboxylic acids is 2. The van der Waals surface area contributed by atoms with Crippen molar-refractivity contribution in [2.75, 3.05) is 11.9 Å². The molecule has 1 heterocycles. The zero-order valence-electron chi connectivity index (χ0n) is 10.7. The van der Waals surface area contributed by atoms with Crippen molar-refractivity contribution in [1.82, 2.24) is 0 Å². The van der Waals surface area contributed by atoms with Crippen LogP contribution in [0, 0.1) is 0 Å². The molecule has 0 saturated carbocycles. The molecule has 0 unspecified atom stereocenters. The Kier molecular flexibility index (Phi) is 4.92. The lowest BCUT2D eigenvalue weighted by molar-refractivity contribution is 0.0527. The van der Waals surface area contributed by atoms with Crippen LogP contribution < -0.4 is 5.32 Å². The number of hydrogen-bond acceptors (Lipinski definition) is 4. The smallest absolute Gasteiger partial charge is 0.340 e. The van der Waals surface area contributed by atoms with Crippen molar-refractivity contribution in [2.24, 2.45) is 0 Å². The Bertz CT molecular complexity index is 639. The molecule has 2 aromatic rings. The highest BCUT2D eigenvalue weighted by Gasteiger charge is 2.15. The van der Waals surface area contributed by atoms with Crippen LogP contribution >= 0.6 is 27.3 Å². The number of anilines is 1. The highest BCUT2D eigenvalue weighted by molar-refractivity contribution is 9.11. The zero-order valence-corrected chi connectivity index (χ0v) is 13.1. The van der Waals surface area contributed by atoms with Crippen molar-refractivity contribution >= 4 is 44.8 Å². The molecule has 0 radical (unpaired) electrons. The van der Waals surface area contributed by atoms with Crippen molar-refractivity contribution in [1.29, 1.82) is 0 Å². The van der Waals surface area contributed by atoms with E-state index in [1.807, 2.05) is 0 Å². The third-order valence-corrected chi connectivity index (χ3v) is 4.09. The Morgan fingerprint density at radius 3 is 2.65 bits per heavy atom. The van der Waals surface area contributed by atoms with Gasteiger partial charge in [-0.05, 0) is 47.1 Å². The van der Waals surface area contributed by atoms with Crippen LogP contribution in [0.4, 0.5) is 5.69 Å². The molecular weight excluding hydrogens is 342 g/mol. The molecule has 1 aromatic heterocycles. The summed E-state index contributed by atoms with van der Waals surface area (Å²) in [6.07, 6.45) is 0. The SMILES string of the molecule is CCOC(=O)c1ccccc1NC(=O)c1ccc(Br)s1. The van der Waals surface area contributed by atoms with E-state index in [9.17, 15) is 9.59 Å². The summed E-state index contributed by atoms with van der Waals surface area (Å²) in [5.41, 5.74) is 0.791. The Balaban J connectivity index is 2.21. The van der Waals surface area contributed by atoms with Crippen molar-refractivity contribution in [3.63, 3.8) is 0 Å². The number of hydrogen-bond donors (Lipinski definition) is 1. The number of nitrogens with one attached hydrogen (secondary N) is 1. The van der Waals surface area contributed by atoms with Gasteiger partial charge in [0.05, 0.1) is 26.5 Å². The monoisotopic (exact) mass is 353 g/mol. The van der Waals surface area contributed by atoms with Crippen LogP contribution in [0.5, 0.6) is 0 Å². The number of rotatable bonds is 4. The molecule has 1 N–H and O–H groups in total. The van der Waals surface area contributed by atoms with E-state index < -0.39 is 5.97 Å². The Morgan fingerprint density at radius 2 is 2.00 bits per heavy atom. The standard InChI is InChI=1S/C14H12BrNO3S/c1-2-19-14(18)9-5-3-4-6-10(9)16-13(17)11-7-8-12(15)20-11/h3-8H,2H2,1H3,(H,16,17). The van der Waals surface area contributed by atoms with E-state index in [1.54, 1.807) is 43.3 Å². The molecule has 4 nitrogen and oxygen atoms in total. The van der Waals surface area contributed by atoms with Gasteiger partial charge in [0.2, 0.25) is 0 Å². The molecular formula is C14H12BrNO3S. The topological polar surface area (TPSA) is 55.4 Å². The van der Waals surface area contributed by atoms with Gasteiger partial charge in [-0.25, -0.2) is 4.79 Å². The normalized spacial score (nSPS) is 10.1. The van der Waals surface area contributed by atoms with Crippen LogP contribution in [0.2, 0.25) is 0 Å². The molecule has 104 valence electrons. The first-order chi connectivity index (χ1) is 9.61. The maximum atomic E-state index is 12.1. The number of halogens is 1. The second-order valence-electron chi connectivity index (χ2n) is 3.82. The molecule has 6 heteroatoms. The molecule has 0 bridgehead atoms. The van der Waals surface area contributed by atoms with E-state index in [0.29, 0.717) is 22.7 Å². The minimum atomic E-state index is -0.448. The first kappa shape index (κ1) is 14.7. The van der Waals surface area contributed by atoms with Crippen LogP contribution in [0.25, 0.3) is 0 Å². The number of para-hydroxylation sites is 1. The van der Waals surface area contributed by atoms with Crippen LogP contribution in [0.15, 0.2) is 40.2 Å². The second-order valence-corrected chi connectivity index (χ2v) is 6.29. The van der Waals surface area contributed by atoms with Crippen LogP contribution in [0.3, 0.4) is 0 Å². The Labute approximate surface area is 128 Å². The largest absolute Gasteiger partial charge is 0.462 e. The van der Waals surface area contributed by atoms with E-state index >= 15 is 0 Å². The summed E-state index contributed by atoms with van der Waals surface area (Å²) in [7, 11) is 0. The number of carbonyl (C=O) groups is 2. The highest BCUT2D eigenvalue weighted by Crippen LogP contribution is 2.24. The maximum absolute atomic E-state index is 12.1. The molecule has 0 aliphatic carbocycles. The summed E-state index contributed by atoms with van der Waals surface area (Å²) >= 11 is 4.64. The molecule has 1 aromatic carbocycles. The van der Waals surface area contributed by atoms with Gasteiger partial charge in [0, 0.05) is 0 Å². The van der Waals surface area contributed by atoms with E-state index in [-0.39, 0.29) is 5.91 Å². The number of benzene rings is 1. The van der Waals surface area contributed by atoms with Crippen LogP contribution in [0.1, 0.15) is 27.0 Å². The highest BCUT2D eigenvalue weighted by atomic mass is 79.9. The number of esters is 1. The van der Waals surface area contributed by atoms with E-state index in [4.69, 9.17) is 4.74 Å². The molecule has 2 rings (SSSR count). The van der Waals surface area contributed by atoms with E-state index in [0.717, 1.165) is 3.79 Å². The summed E-state index contributed by atoms with van der Waals surface area (Å²) in [5, 5.41) is 2.73. The van der Waals surface area contributed by atoms with Gasteiger partial charge in [-0.15, -0.1) is 11.3 Å². The van der Waals surface area contributed by atoms with Crippen molar-refractivity contribution in [2.45, 2.75) is 6.92 Å². The minimum Gasteiger partial charge on any atom is -0.462 e. The molecule has 0 aliphatic heterocycles. The van der Waals surface area contributed by atoms with Crippen molar-refractivity contribution in [3.05, 3.63) is 50.6 Å². The molecule has 0 aliphatic rings. The van der Waals surface area contributed by atoms with Crippen LogP contribution in [-0.4, -0.2) is 18.5 Å². The fourth-order valence-electron chi connectivity index (χ4n) is 1.60. The van der Waals surface area contributed by atoms with Gasteiger partial charge in [-0.2, -0.15) is 0 Å².